The summed E-state index contributed by atoms with van der Waals surface area (Å²) in [6.07, 6.45) is 0. The van der Waals surface area contributed by atoms with Crippen molar-refractivity contribution >= 4 is 34.5 Å². The van der Waals surface area contributed by atoms with Gasteiger partial charge in [0, 0.05) is 21.8 Å². The van der Waals surface area contributed by atoms with Crippen LogP contribution in [0.25, 0.3) is 10.4 Å². The molecule has 34 heavy (non-hydrogen) atoms. The first-order chi connectivity index (χ1) is 16.6. The van der Waals surface area contributed by atoms with E-state index in [0.717, 1.165) is 16.2 Å². The molecular weight excluding hydrogens is 448 g/mol. The Labute approximate surface area is 201 Å². The van der Waals surface area contributed by atoms with Crippen LogP contribution in [0.4, 0.5) is 11.4 Å². The van der Waals surface area contributed by atoms with Gasteiger partial charge in [-0.25, -0.2) is 0 Å². The Balaban J connectivity index is 1.32. The highest BCUT2D eigenvalue weighted by Crippen LogP contribution is 2.37. The van der Waals surface area contributed by atoms with E-state index in [9.17, 15) is 9.59 Å². The second-order valence-corrected chi connectivity index (χ2v) is 8.86. The van der Waals surface area contributed by atoms with Crippen LogP contribution >= 0.6 is 11.3 Å². The number of anilines is 2. The second kappa shape index (κ2) is 9.41. The standard InChI is InChI=1S/C27H22N2O4S/c1-17-20(26(30)28-19-6-3-2-4-7-19)8-5-9-21(17)29-27(31)25-13-12-24(34-25)18-10-11-22-23(16-18)33-15-14-32-22/h2-13,16H,14-15H2,1H3,(H,28,30)(H,29,31). The molecule has 0 unspecified atom stereocenters. The van der Waals surface area contributed by atoms with Crippen LogP contribution in [0.1, 0.15) is 25.6 Å². The van der Waals surface area contributed by atoms with E-state index in [0.29, 0.717) is 46.3 Å². The van der Waals surface area contributed by atoms with Gasteiger partial charge < -0.3 is 20.1 Å². The average molecular weight is 471 g/mol. The number of fused-ring (bicyclic) bond motifs is 1. The van der Waals surface area contributed by atoms with Crippen LogP contribution in [0.2, 0.25) is 0 Å². The lowest BCUT2D eigenvalue weighted by atomic mass is 10.1. The van der Waals surface area contributed by atoms with E-state index in [1.807, 2.05) is 61.5 Å². The van der Waals surface area contributed by atoms with E-state index < -0.39 is 0 Å². The predicted octanol–water partition coefficient (Wildman–Crippen LogP) is 6.00. The van der Waals surface area contributed by atoms with E-state index in [1.54, 1.807) is 24.3 Å². The molecule has 0 spiro atoms. The molecule has 0 atom stereocenters. The molecule has 1 aromatic heterocycles. The largest absolute Gasteiger partial charge is 0.486 e. The Morgan fingerprint density at radius 2 is 1.59 bits per heavy atom. The van der Waals surface area contributed by atoms with Gasteiger partial charge >= 0.3 is 0 Å². The summed E-state index contributed by atoms with van der Waals surface area (Å²) in [4.78, 5) is 27.3. The Morgan fingerprint density at radius 3 is 2.41 bits per heavy atom. The number of rotatable bonds is 5. The summed E-state index contributed by atoms with van der Waals surface area (Å²) >= 11 is 1.39. The number of hydrogen-bond donors (Lipinski definition) is 2. The van der Waals surface area contributed by atoms with Crippen LogP contribution in [0, 0.1) is 6.92 Å². The fourth-order valence-corrected chi connectivity index (χ4v) is 4.63. The van der Waals surface area contributed by atoms with Crippen molar-refractivity contribution in [2.75, 3.05) is 23.8 Å². The van der Waals surface area contributed by atoms with Gasteiger partial charge in [-0.2, -0.15) is 0 Å². The highest BCUT2D eigenvalue weighted by Gasteiger charge is 2.17. The van der Waals surface area contributed by atoms with Crippen molar-refractivity contribution in [3.8, 4) is 21.9 Å². The molecule has 6 nitrogen and oxygen atoms in total. The Kier molecular flexibility index (Phi) is 6.01. The number of carbonyl (C=O) groups excluding carboxylic acids is 2. The molecule has 1 aliphatic heterocycles. The molecule has 2 heterocycles. The Morgan fingerprint density at radius 1 is 0.794 bits per heavy atom. The number of hydrogen-bond acceptors (Lipinski definition) is 5. The normalized spacial score (nSPS) is 12.1. The third-order valence-electron chi connectivity index (χ3n) is 5.51. The summed E-state index contributed by atoms with van der Waals surface area (Å²) in [6.45, 7) is 2.89. The van der Waals surface area contributed by atoms with E-state index >= 15 is 0 Å². The monoisotopic (exact) mass is 470 g/mol. The maximum atomic E-state index is 13.0. The van der Waals surface area contributed by atoms with Gasteiger partial charge in [-0.15, -0.1) is 11.3 Å². The molecule has 0 aliphatic carbocycles. The van der Waals surface area contributed by atoms with Crippen LogP contribution in [-0.2, 0) is 0 Å². The number of amides is 2. The number of ether oxygens (including phenoxy) is 2. The zero-order chi connectivity index (χ0) is 23.5. The summed E-state index contributed by atoms with van der Waals surface area (Å²) in [5, 5.41) is 5.83. The molecule has 2 N–H and O–H groups in total. The lowest BCUT2D eigenvalue weighted by Gasteiger charge is -2.18. The number of para-hydroxylation sites is 1. The summed E-state index contributed by atoms with van der Waals surface area (Å²) in [7, 11) is 0. The summed E-state index contributed by atoms with van der Waals surface area (Å²) in [5.41, 5.74) is 3.48. The fraction of sp³-hybridized carbons (Fsp3) is 0.111. The van der Waals surface area contributed by atoms with Crippen LogP contribution in [-0.4, -0.2) is 25.0 Å². The summed E-state index contributed by atoms with van der Waals surface area (Å²) in [6, 6.07) is 24.1. The van der Waals surface area contributed by atoms with Crippen LogP contribution in [0.3, 0.4) is 0 Å². The second-order valence-electron chi connectivity index (χ2n) is 7.77. The third-order valence-corrected chi connectivity index (χ3v) is 6.65. The zero-order valence-electron chi connectivity index (χ0n) is 18.5. The molecule has 5 rings (SSSR count). The minimum absolute atomic E-state index is 0.225. The van der Waals surface area contributed by atoms with Gasteiger partial charge in [0.05, 0.1) is 4.88 Å². The topological polar surface area (TPSA) is 76.7 Å². The maximum absolute atomic E-state index is 13.0. The van der Waals surface area contributed by atoms with Crippen molar-refractivity contribution in [3.05, 3.63) is 94.9 Å². The van der Waals surface area contributed by atoms with Gasteiger partial charge in [0.1, 0.15) is 13.2 Å². The predicted molar refractivity (Wildman–Crippen MR) is 134 cm³/mol. The molecule has 0 saturated heterocycles. The van der Waals surface area contributed by atoms with Crippen molar-refractivity contribution in [2.24, 2.45) is 0 Å². The Hall–Kier alpha value is -4.10. The smallest absolute Gasteiger partial charge is 0.265 e. The van der Waals surface area contributed by atoms with Crippen molar-refractivity contribution < 1.29 is 19.1 Å². The summed E-state index contributed by atoms with van der Waals surface area (Å²) in [5.74, 6) is 0.995. The molecule has 170 valence electrons. The maximum Gasteiger partial charge on any atom is 0.265 e. The SMILES string of the molecule is Cc1c(NC(=O)c2ccc(-c3ccc4c(c3)OCCO4)s2)cccc1C(=O)Nc1ccccc1. The first-order valence-corrected chi connectivity index (χ1v) is 11.7. The van der Waals surface area contributed by atoms with E-state index in [4.69, 9.17) is 9.47 Å². The molecule has 7 heteroatoms. The Bertz CT molecular complexity index is 1360. The lowest BCUT2D eigenvalue weighted by Crippen LogP contribution is -2.16. The fourth-order valence-electron chi connectivity index (χ4n) is 3.73. The lowest BCUT2D eigenvalue weighted by molar-refractivity contribution is 0.101. The molecule has 0 bridgehead atoms. The van der Waals surface area contributed by atoms with E-state index in [2.05, 4.69) is 10.6 Å². The van der Waals surface area contributed by atoms with Crippen LogP contribution < -0.4 is 20.1 Å². The molecule has 1 aliphatic rings. The number of benzene rings is 3. The van der Waals surface area contributed by atoms with Gasteiger partial charge in [-0.05, 0) is 72.6 Å². The minimum Gasteiger partial charge on any atom is -0.486 e. The number of thiophene rings is 1. The van der Waals surface area contributed by atoms with E-state index in [-0.39, 0.29) is 11.8 Å². The molecule has 0 saturated carbocycles. The molecule has 0 fully saturated rings. The first kappa shape index (κ1) is 21.7. The molecular formula is C27H22N2O4S. The zero-order valence-corrected chi connectivity index (χ0v) is 19.3. The van der Waals surface area contributed by atoms with Crippen molar-refractivity contribution in [3.63, 3.8) is 0 Å². The van der Waals surface area contributed by atoms with Crippen LogP contribution in [0.15, 0.2) is 78.9 Å². The van der Waals surface area contributed by atoms with E-state index in [1.165, 1.54) is 11.3 Å². The highest BCUT2D eigenvalue weighted by atomic mass is 32.1. The van der Waals surface area contributed by atoms with Gasteiger partial charge in [0.2, 0.25) is 0 Å². The van der Waals surface area contributed by atoms with Crippen molar-refractivity contribution in [2.45, 2.75) is 6.92 Å². The van der Waals surface area contributed by atoms with Gasteiger partial charge in [0.25, 0.3) is 11.8 Å². The number of carbonyl (C=O) groups is 2. The number of nitrogens with one attached hydrogen (secondary N) is 2. The molecule has 2 amide bonds. The molecule has 0 radical (unpaired) electrons. The molecule has 4 aromatic rings. The third kappa shape index (κ3) is 4.51. The summed E-state index contributed by atoms with van der Waals surface area (Å²) < 4.78 is 11.2. The van der Waals surface area contributed by atoms with Gasteiger partial charge in [-0.3, -0.25) is 9.59 Å². The minimum atomic E-state index is -0.225. The quantitative estimate of drug-likeness (QED) is 0.375. The highest BCUT2D eigenvalue weighted by molar-refractivity contribution is 7.17. The first-order valence-electron chi connectivity index (χ1n) is 10.9. The van der Waals surface area contributed by atoms with Crippen molar-refractivity contribution in [1.29, 1.82) is 0 Å². The average Bonchev–Trinajstić information content (AvgIpc) is 3.36. The van der Waals surface area contributed by atoms with Gasteiger partial charge in [-0.1, -0.05) is 24.3 Å². The molecule has 3 aromatic carbocycles. The van der Waals surface area contributed by atoms with Crippen LogP contribution in [0.5, 0.6) is 11.5 Å². The van der Waals surface area contributed by atoms with Crippen molar-refractivity contribution in [1.82, 2.24) is 0 Å². The van der Waals surface area contributed by atoms with Gasteiger partial charge in [0.15, 0.2) is 11.5 Å².